The van der Waals surface area contributed by atoms with E-state index in [0.29, 0.717) is 12.1 Å². The molecule has 0 aliphatic heterocycles. The Kier molecular flexibility index (Phi) is 2.41. The topological polar surface area (TPSA) is 108 Å². The Bertz CT molecular complexity index is 454. The first-order valence-corrected chi connectivity index (χ1v) is 5.26. The maximum Gasteiger partial charge on any atom is 0.319 e. The predicted molar refractivity (Wildman–Crippen MR) is 56.7 cm³/mol. The van der Waals surface area contributed by atoms with Gasteiger partial charge in [-0.2, -0.15) is 15.4 Å². The second-order valence-corrected chi connectivity index (χ2v) is 4.92. The second kappa shape index (κ2) is 3.54. The van der Waals surface area contributed by atoms with Crippen molar-refractivity contribution in [3.05, 3.63) is 11.9 Å². The van der Waals surface area contributed by atoms with Crippen molar-refractivity contribution in [2.24, 2.45) is 10.8 Å². The lowest BCUT2D eigenvalue weighted by Crippen LogP contribution is -2.39. The first-order valence-electron chi connectivity index (χ1n) is 5.26. The van der Waals surface area contributed by atoms with Gasteiger partial charge in [-0.1, -0.05) is 13.8 Å². The standard InChI is InChI=1S/C10H14N4O3/c1-9(2)5-10(9,8(16)17)7(15)11-3-6-4-12-14-13-6/h4H,3,5H2,1-2H3,(H,11,15)(H,16,17)(H,12,13,14). The molecule has 0 spiro atoms. The van der Waals surface area contributed by atoms with E-state index in [-0.39, 0.29) is 6.54 Å². The van der Waals surface area contributed by atoms with Crippen molar-refractivity contribution < 1.29 is 14.7 Å². The summed E-state index contributed by atoms with van der Waals surface area (Å²) < 4.78 is 0. The summed E-state index contributed by atoms with van der Waals surface area (Å²) in [5.74, 6) is -1.53. The summed E-state index contributed by atoms with van der Waals surface area (Å²) in [6.45, 7) is 3.73. The third-order valence-corrected chi connectivity index (χ3v) is 3.39. The zero-order valence-corrected chi connectivity index (χ0v) is 9.65. The van der Waals surface area contributed by atoms with Crippen molar-refractivity contribution in [2.45, 2.75) is 26.8 Å². The molecule has 1 saturated carbocycles. The molecular weight excluding hydrogens is 224 g/mol. The zero-order valence-electron chi connectivity index (χ0n) is 9.65. The molecular formula is C10H14N4O3. The number of nitrogens with zero attached hydrogens (tertiary/aromatic N) is 2. The van der Waals surface area contributed by atoms with Crippen molar-refractivity contribution >= 4 is 11.9 Å². The number of rotatable bonds is 4. The average Bonchev–Trinajstić information content (AvgIpc) is 2.65. The van der Waals surface area contributed by atoms with E-state index in [1.807, 2.05) is 0 Å². The molecule has 1 aliphatic rings. The van der Waals surface area contributed by atoms with Crippen LogP contribution in [0.1, 0.15) is 26.0 Å². The van der Waals surface area contributed by atoms with Gasteiger partial charge in [-0.15, -0.1) is 0 Å². The van der Waals surface area contributed by atoms with Crippen LogP contribution in [-0.4, -0.2) is 32.4 Å². The van der Waals surface area contributed by atoms with Crippen LogP contribution in [0.5, 0.6) is 0 Å². The van der Waals surface area contributed by atoms with Gasteiger partial charge < -0.3 is 10.4 Å². The van der Waals surface area contributed by atoms with Crippen LogP contribution in [-0.2, 0) is 16.1 Å². The molecule has 3 N–H and O–H groups in total. The minimum Gasteiger partial charge on any atom is -0.480 e. The monoisotopic (exact) mass is 238 g/mol. The number of H-pyrrole nitrogens is 1. The fourth-order valence-electron chi connectivity index (χ4n) is 2.10. The van der Waals surface area contributed by atoms with Gasteiger partial charge in [0, 0.05) is 0 Å². The van der Waals surface area contributed by atoms with Gasteiger partial charge in [0.25, 0.3) is 0 Å². The summed E-state index contributed by atoms with van der Waals surface area (Å²) in [6, 6.07) is 0. The highest BCUT2D eigenvalue weighted by Gasteiger charge is 2.71. The van der Waals surface area contributed by atoms with Gasteiger partial charge in [-0.25, -0.2) is 0 Å². The molecule has 1 aromatic rings. The first kappa shape index (κ1) is 11.6. The van der Waals surface area contributed by atoms with Crippen LogP contribution < -0.4 is 5.32 Å². The molecule has 0 aromatic carbocycles. The number of carbonyl (C=O) groups is 2. The SMILES string of the molecule is CC1(C)CC1(C(=O)O)C(=O)NCc1cn[nH]n1. The number of amides is 1. The number of hydrogen-bond donors (Lipinski definition) is 3. The summed E-state index contributed by atoms with van der Waals surface area (Å²) in [7, 11) is 0. The Balaban J connectivity index is 2.03. The van der Waals surface area contributed by atoms with Gasteiger partial charge in [0.1, 0.15) is 5.69 Å². The van der Waals surface area contributed by atoms with E-state index in [2.05, 4.69) is 20.7 Å². The van der Waals surface area contributed by atoms with Crippen LogP contribution >= 0.6 is 0 Å². The van der Waals surface area contributed by atoms with Gasteiger partial charge >= 0.3 is 5.97 Å². The van der Waals surface area contributed by atoms with Gasteiger partial charge in [0.15, 0.2) is 5.41 Å². The Morgan fingerprint density at radius 1 is 1.59 bits per heavy atom. The molecule has 2 rings (SSSR count). The highest BCUT2D eigenvalue weighted by molar-refractivity contribution is 6.06. The molecule has 1 fully saturated rings. The summed E-state index contributed by atoms with van der Waals surface area (Å²) in [6.07, 6.45) is 1.84. The number of nitrogens with one attached hydrogen (secondary N) is 2. The predicted octanol–water partition coefficient (Wildman–Crippen LogP) is -0.0782. The molecule has 1 aliphatic carbocycles. The molecule has 7 heteroatoms. The molecule has 1 atom stereocenters. The fraction of sp³-hybridized carbons (Fsp3) is 0.600. The van der Waals surface area contributed by atoms with E-state index in [1.165, 1.54) is 6.20 Å². The van der Waals surface area contributed by atoms with Gasteiger partial charge in [0.2, 0.25) is 5.91 Å². The number of aliphatic carboxylic acids is 1. The Morgan fingerprint density at radius 2 is 2.24 bits per heavy atom. The molecule has 92 valence electrons. The Morgan fingerprint density at radius 3 is 2.65 bits per heavy atom. The molecule has 1 aromatic heterocycles. The van der Waals surface area contributed by atoms with Crippen molar-refractivity contribution in [1.82, 2.24) is 20.7 Å². The zero-order chi connectivity index (χ0) is 12.7. The van der Waals surface area contributed by atoms with E-state index < -0.39 is 22.7 Å². The Labute approximate surface area is 97.6 Å². The number of carbonyl (C=O) groups excluding carboxylic acids is 1. The quantitative estimate of drug-likeness (QED) is 0.636. The Hall–Kier alpha value is -1.92. The summed E-state index contributed by atoms with van der Waals surface area (Å²) in [5.41, 5.74) is -1.22. The highest BCUT2D eigenvalue weighted by Crippen LogP contribution is 2.63. The summed E-state index contributed by atoms with van der Waals surface area (Å²) in [4.78, 5) is 23.1. The maximum atomic E-state index is 11.9. The molecule has 0 saturated heterocycles. The number of carboxylic acid groups (broad SMARTS) is 1. The summed E-state index contributed by atoms with van der Waals surface area (Å²) in [5, 5.41) is 21.5. The third-order valence-electron chi connectivity index (χ3n) is 3.39. The van der Waals surface area contributed by atoms with Gasteiger partial charge in [-0.05, 0) is 11.8 Å². The van der Waals surface area contributed by atoms with Crippen LogP contribution in [0.4, 0.5) is 0 Å². The van der Waals surface area contributed by atoms with Crippen LogP contribution in [0.2, 0.25) is 0 Å². The smallest absolute Gasteiger partial charge is 0.319 e. The van der Waals surface area contributed by atoms with Crippen molar-refractivity contribution in [3.8, 4) is 0 Å². The number of aromatic amines is 1. The van der Waals surface area contributed by atoms with Crippen LogP contribution in [0, 0.1) is 10.8 Å². The van der Waals surface area contributed by atoms with Crippen molar-refractivity contribution in [1.29, 1.82) is 0 Å². The van der Waals surface area contributed by atoms with E-state index in [4.69, 9.17) is 0 Å². The van der Waals surface area contributed by atoms with E-state index in [1.54, 1.807) is 13.8 Å². The lowest BCUT2D eigenvalue weighted by Gasteiger charge is -2.14. The second-order valence-electron chi connectivity index (χ2n) is 4.92. The molecule has 17 heavy (non-hydrogen) atoms. The largest absolute Gasteiger partial charge is 0.480 e. The number of carboxylic acids is 1. The van der Waals surface area contributed by atoms with E-state index >= 15 is 0 Å². The van der Waals surface area contributed by atoms with E-state index in [0.717, 1.165) is 0 Å². The molecule has 1 unspecified atom stereocenters. The normalized spacial score (nSPS) is 25.3. The first-order chi connectivity index (χ1) is 7.90. The van der Waals surface area contributed by atoms with Crippen molar-refractivity contribution in [3.63, 3.8) is 0 Å². The maximum absolute atomic E-state index is 11.9. The minimum absolute atomic E-state index is 0.181. The molecule has 0 bridgehead atoms. The minimum atomic E-state index is -1.29. The molecule has 1 heterocycles. The van der Waals surface area contributed by atoms with Gasteiger partial charge in [0.05, 0.1) is 12.7 Å². The molecule has 1 amide bonds. The number of hydrogen-bond acceptors (Lipinski definition) is 4. The van der Waals surface area contributed by atoms with Gasteiger partial charge in [-0.3, -0.25) is 9.59 Å². The van der Waals surface area contributed by atoms with Crippen LogP contribution in [0.25, 0.3) is 0 Å². The third kappa shape index (κ3) is 1.67. The van der Waals surface area contributed by atoms with Crippen LogP contribution in [0.15, 0.2) is 6.20 Å². The lowest BCUT2D eigenvalue weighted by molar-refractivity contribution is -0.150. The lowest BCUT2D eigenvalue weighted by atomic mass is 9.95. The average molecular weight is 238 g/mol. The van der Waals surface area contributed by atoms with E-state index in [9.17, 15) is 14.7 Å². The van der Waals surface area contributed by atoms with Crippen molar-refractivity contribution in [2.75, 3.05) is 0 Å². The molecule has 0 radical (unpaired) electrons. The van der Waals surface area contributed by atoms with Crippen LogP contribution in [0.3, 0.4) is 0 Å². The summed E-state index contributed by atoms with van der Waals surface area (Å²) >= 11 is 0. The number of aromatic nitrogens is 3. The fourth-order valence-corrected chi connectivity index (χ4v) is 2.10. The highest BCUT2D eigenvalue weighted by atomic mass is 16.4. The molecule has 7 nitrogen and oxygen atoms in total.